The zero-order chi connectivity index (χ0) is 12.0. The Bertz CT molecular complexity index is 337. The second kappa shape index (κ2) is 3.88. The maximum absolute atomic E-state index is 13.0. The van der Waals surface area contributed by atoms with E-state index in [1.807, 2.05) is 0 Å². The van der Waals surface area contributed by atoms with Crippen LogP contribution >= 0.6 is 0 Å². The van der Waals surface area contributed by atoms with E-state index in [1.54, 1.807) is 0 Å². The summed E-state index contributed by atoms with van der Waals surface area (Å²) in [7, 11) is 0. The molecule has 96 valence electrons. The molecule has 2 bridgehead atoms. The molecule has 3 fully saturated rings. The highest BCUT2D eigenvalue weighted by atomic mass is 19.3. The summed E-state index contributed by atoms with van der Waals surface area (Å²) in [6, 6.07) is -0.749. The summed E-state index contributed by atoms with van der Waals surface area (Å²) in [6.07, 6.45) is 2.77. The highest BCUT2D eigenvalue weighted by molar-refractivity contribution is 5.82. The largest absolute Gasteiger partial charge is 0.373 e. The van der Waals surface area contributed by atoms with Gasteiger partial charge in [-0.05, 0) is 19.3 Å². The predicted octanol–water partition coefficient (Wildman–Crippen LogP) is 0.420. The predicted molar refractivity (Wildman–Crippen MR) is 55.8 cm³/mol. The molecule has 4 nitrogen and oxygen atoms in total. The molecule has 1 amide bonds. The van der Waals surface area contributed by atoms with E-state index in [1.165, 1.54) is 0 Å². The molecule has 0 saturated carbocycles. The van der Waals surface area contributed by atoms with Gasteiger partial charge in [0.25, 0.3) is 5.92 Å². The third-order valence-electron chi connectivity index (χ3n) is 3.86. The van der Waals surface area contributed by atoms with Crippen LogP contribution in [0.4, 0.5) is 8.78 Å². The minimum Gasteiger partial charge on any atom is -0.373 e. The van der Waals surface area contributed by atoms with Gasteiger partial charge in [-0.1, -0.05) is 0 Å². The van der Waals surface area contributed by atoms with Crippen LogP contribution in [-0.4, -0.2) is 42.7 Å². The minimum absolute atomic E-state index is 0.0114. The Morgan fingerprint density at radius 2 is 2.24 bits per heavy atom. The Hall–Kier alpha value is -0.750. The molecule has 1 unspecified atom stereocenters. The summed E-state index contributed by atoms with van der Waals surface area (Å²) >= 11 is 0. The lowest BCUT2D eigenvalue weighted by Gasteiger charge is -2.22. The monoisotopic (exact) mass is 246 g/mol. The summed E-state index contributed by atoms with van der Waals surface area (Å²) in [5.41, 5.74) is 0. The van der Waals surface area contributed by atoms with Gasteiger partial charge in [-0.25, -0.2) is 8.78 Å². The van der Waals surface area contributed by atoms with Crippen molar-refractivity contribution in [2.24, 2.45) is 0 Å². The lowest BCUT2D eigenvalue weighted by molar-refractivity contribution is -0.124. The van der Waals surface area contributed by atoms with Gasteiger partial charge in [0.2, 0.25) is 5.91 Å². The van der Waals surface area contributed by atoms with Gasteiger partial charge in [0, 0.05) is 6.42 Å². The van der Waals surface area contributed by atoms with E-state index in [0.717, 1.165) is 19.3 Å². The number of nitrogens with one attached hydrogen (secondary N) is 2. The molecule has 3 aliphatic rings. The number of carbonyl (C=O) groups excluding carboxylic acids is 1. The summed E-state index contributed by atoms with van der Waals surface area (Å²) in [4.78, 5) is 11.8. The van der Waals surface area contributed by atoms with Crippen molar-refractivity contribution in [2.45, 2.75) is 55.9 Å². The average molecular weight is 246 g/mol. The first kappa shape index (κ1) is 11.3. The van der Waals surface area contributed by atoms with E-state index in [4.69, 9.17) is 4.74 Å². The van der Waals surface area contributed by atoms with Crippen molar-refractivity contribution in [3.63, 3.8) is 0 Å². The van der Waals surface area contributed by atoms with Gasteiger partial charge >= 0.3 is 0 Å². The molecule has 0 aromatic carbocycles. The lowest BCUT2D eigenvalue weighted by Crippen LogP contribution is -2.48. The number of alkyl halides is 2. The van der Waals surface area contributed by atoms with Crippen LogP contribution in [0.3, 0.4) is 0 Å². The number of halogens is 2. The third kappa shape index (κ3) is 2.15. The number of hydrogen-bond acceptors (Lipinski definition) is 3. The van der Waals surface area contributed by atoms with E-state index < -0.39 is 24.9 Å². The van der Waals surface area contributed by atoms with Crippen LogP contribution in [0.5, 0.6) is 0 Å². The molecule has 3 saturated heterocycles. The number of ether oxygens (including phenoxy) is 1. The molecule has 0 aromatic heterocycles. The first-order valence-corrected chi connectivity index (χ1v) is 6.10. The smallest absolute Gasteiger partial charge is 0.262 e. The molecule has 3 rings (SSSR count). The fourth-order valence-corrected chi connectivity index (χ4v) is 2.97. The highest BCUT2D eigenvalue weighted by Crippen LogP contribution is 2.34. The van der Waals surface area contributed by atoms with Crippen LogP contribution in [0.15, 0.2) is 0 Å². The fourth-order valence-electron chi connectivity index (χ4n) is 2.97. The molecule has 3 aliphatic heterocycles. The zero-order valence-electron chi connectivity index (χ0n) is 9.42. The molecular weight excluding hydrogens is 230 g/mol. The number of fused-ring (bicyclic) bond motifs is 2. The summed E-state index contributed by atoms with van der Waals surface area (Å²) in [5.74, 6) is -3.07. The third-order valence-corrected chi connectivity index (χ3v) is 3.86. The normalized spacial score (nSPS) is 42.9. The van der Waals surface area contributed by atoms with Crippen molar-refractivity contribution in [1.82, 2.24) is 10.6 Å². The van der Waals surface area contributed by atoms with Crippen molar-refractivity contribution in [2.75, 3.05) is 6.54 Å². The van der Waals surface area contributed by atoms with Gasteiger partial charge in [-0.3, -0.25) is 10.1 Å². The lowest BCUT2D eigenvalue weighted by atomic mass is 9.95. The Morgan fingerprint density at radius 3 is 2.76 bits per heavy atom. The molecule has 0 aromatic rings. The van der Waals surface area contributed by atoms with Crippen LogP contribution in [0.25, 0.3) is 0 Å². The molecule has 0 aliphatic carbocycles. The standard InChI is InChI=1S/C11H16F2N2O2/c12-11(13)4-8(14-5-11)10(16)15-7-3-6-1-2-9(7)17-6/h6-9,14H,1-5H2,(H,15,16)/t6-,7-,8?,9+/m1/s1. The SMILES string of the molecule is O=C(N[C@@H]1C[C@H]2CC[C@@H]1O2)C1CC(F)(F)CN1. The second-order valence-electron chi connectivity index (χ2n) is 5.22. The number of carbonyl (C=O) groups is 1. The zero-order valence-corrected chi connectivity index (χ0v) is 9.42. The molecule has 6 heteroatoms. The van der Waals surface area contributed by atoms with Gasteiger partial charge in [0.1, 0.15) is 0 Å². The van der Waals surface area contributed by atoms with Gasteiger partial charge in [-0.15, -0.1) is 0 Å². The Morgan fingerprint density at radius 1 is 1.41 bits per heavy atom. The first-order valence-electron chi connectivity index (χ1n) is 6.10. The number of amides is 1. The topological polar surface area (TPSA) is 50.4 Å². The van der Waals surface area contributed by atoms with Crippen molar-refractivity contribution in [3.8, 4) is 0 Å². The van der Waals surface area contributed by atoms with Gasteiger partial charge in [0.15, 0.2) is 0 Å². The molecule has 2 N–H and O–H groups in total. The molecule has 0 spiro atoms. The van der Waals surface area contributed by atoms with Crippen LogP contribution in [0.2, 0.25) is 0 Å². The van der Waals surface area contributed by atoms with E-state index in [2.05, 4.69) is 10.6 Å². The fraction of sp³-hybridized carbons (Fsp3) is 0.909. The van der Waals surface area contributed by atoms with Crippen molar-refractivity contribution in [1.29, 1.82) is 0 Å². The van der Waals surface area contributed by atoms with E-state index >= 15 is 0 Å². The van der Waals surface area contributed by atoms with E-state index in [9.17, 15) is 13.6 Å². The van der Waals surface area contributed by atoms with Gasteiger partial charge in [0.05, 0.1) is 30.8 Å². The first-order chi connectivity index (χ1) is 8.03. The summed E-state index contributed by atoms with van der Waals surface area (Å²) in [5, 5.41) is 5.39. The van der Waals surface area contributed by atoms with Crippen LogP contribution in [0, 0.1) is 0 Å². The number of hydrogen-bond donors (Lipinski definition) is 2. The Kier molecular flexibility index (Phi) is 2.59. The highest BCUT2D eigenvalue weighted by Gasteiger charge is 2.45. The second-order valence-corrected chi connectivity index (χ2v) is 5.22. The minimum atomic E-state index is -2.76. The van der Waals surface area contributed by atoms with Crippen LogP contribution in [0.1, 0.15) is 25.7 Å². The average Bonchev–Trinajstić information content (AvgIpc) is 2.92. The van der Waals surface area contributed by atoms with E-state index in [0.29, 0.717) is 0 Å². The van der Waals surface area contributed by atoms with E-state index in [-0.39, 0.29) is 24.2 Å². The Labute approximate surface area is 98.1 Å². The van der Waals surface area contributed by atoms with Crippen LogP contribution in [-0.2, 0) is 9.53 Å². The molecular formula is C11H16F2N2O2. The van der Waals surface area contributed by atoms with Crippen LogP contribution < -0.4 is 10.6 Å². The molecule has 0 radical (unpaired) electrons. The van der Waals surface area contributed by atoms with Gasteiger partial charge < -0.3 is 10.1 Å². The molecule has 17 heavy (non-hydrogen) atoms. The van der Waals surface area contributed by atoms with Crippen molar-refractivity contribution < 1.29 is 18.3 Å². The molecule has 3 heterocycles. The Balaban J connectivity index is 1.54. The maximum atomic E-state index is 13.0. The quantitative estimate of drug-likeness (QED) is 0.742. The van der Waals surface area contributed by atoms with Gasteiger partial charge in [-0.2, -0.15) is 0 Å². The summed E-state index contributed by atoms with van der Waals surface area (Å²) in [6.45, 7) is -0.404. The summed E-state index contributed by atoms with van der Waals surface area (Å²) < 4.78 is 31.5. The number of rotatable bonds is 2. The molecule has 4 atom stereocenters. The van der Waals surface area contributed by atoms with Crippen molar-refractivity contribution in [3.05, 3.63) is 0 Å². The van der Waals surface area contributed by atoms with Crippen molar-refractivity contribution >= 4 is 5.91 Å². The maximum Gasteiger partial charge on any atom is 0.262 e.